The number of hydrogen-bond donors (Lipinski definition) is 1. The largest absolute Gasteiger partial charge is 0.486 e. The monoisotopic (exact) mass is 489 g/mol. The molecule has 9 heteroatoms. The standard InChI is InChI=1S/C26H24ClN5O3/c1-15-23-18(26(33)29-9-7-16-12-19(27)24-21(13-16)34-10-11-35-24)14-20(17-5-6-17)30-25(23)32(31-15)22-4-2-3-8-28-22/h2-4,8,12-14,17H,5-7,9-11H2,1H3,(H,29,33). The van der Waals surface area contributed by atoms with Crippen molar-refractivity contribution in [2.24, 2.45) is 0 Å². The van der Waals surface area contributed by atoms with Crippen molar-refractivity contribution in [3.63, 3.8) is 0 Å². The quantitative estimate of drug-likeness (QED) is 0.431. The lowest BCUT2D eigenvalue weighted by atomic mass is 10.1. The van der Waals surface area contributed by atoms with Crippen LogP contribution in [-0.4, -0.2) is 45.4 Å². The Balaban J connectivity index is 1.28. The summed E-state index contributed by atoms with van der Waals surface area (Å²) >= 11 is 6.36. The lowest BCUT2D eigenvalue weighted by molar-refractivity contribution is 0.0955. The zero-order chi connectivity index (χ0) is 23.9. The van der Waals surface area contributed by atoms with Gasteiger partial charge in [-0.15, -0.1) is 0 Å². The molecule has 3 aromatic heterocycles. The van der Waals surface area contributed by atoms with Gasteiger partial charge in [0, 0.05) is 24.4 Å². The van der Waals surface area contributed by atoms with Crippen LogP contribution in [0, 0.1) is 6.92 Å². The van der Waals surface area contributed by atoms with E-state index in [2.05, 4.69) is 15.4 Å². The number of aryl methyl sites for hydroxylation is 1. The number of aromatic nitrogens is 4. The van der Waals surface area contributed by atoms with Crippen LogP contribution in [-0.2, 0) is 6.42 Å². The summed E-state index contributed by atoms with van der Waals surface area (Å²) in [5.74, 6) is 2.14. The summed E-state index contributed by atoms with van der Waals surface area (Å²) in [6.07, 6.45) is 4.50. The molecule has 1 aliphatic heterocycles. The van der Waals surface area contributed by atoms with Crippen LogP contribution < -0.4 is 14.8 Å². The maximum absolute atomic E-state index is 13.4. The first-order valence-corrected chi connectivity index (χ1v) is 12.1. The van der Waals surface area contributed by atoms with Crippen LogP contribution in [0.25, 0.3) is 16.9 Å². The molecule has 1 aliphatic carbocycles. The van der Waals surface area contributed by atoms with Crippen LogP contribution >= 0.6 is 11.6 Å². The van der Waals surface area contributed by atoms with Crippen molar-refractivity contribution in [2.45, 2.75) is 32.1 Å². The van der Waals surface area contributed by atoms with Gasteiger partial charge in [-0.2, -0.15) is 9.78 Å². The van der Waals surface area contributed by atoms with E-state index >= 15 is 0 Å². The van der Waals surface area contributed by atoms with E-state index in [4.69, 9.17) is 26.1 Å². The maximum Gasteiger partial charge on any atom is 0.252 e. The highest BCUT2D eigenvalue weighted by Gasteiger charge is 2.29. The molecule has 0 spiro atoms. The predicted octanol–water partition coefficient (Wildman–Crippen LogP) is 4.40. The number of nitrogens with zero attached hydrogens (tertiary/aromatic N) is 4. The number of ether oxygens (including phenoxy) is 2. The Bertz CT molecular complexity index is 1430. The minimum absolute atomic E-state index is 0.147. The van der Waals surface area contributed by atoms with Crippen LogP contribution in [0.4, 0.5) is 0 Å². The van der Waals surface area contributed by atoms with E-state index < -0.39 is 0 Å². The Kier molecular flexibility index (Phi) is 5.53. The van der Waals surface area contributed by atoms with Crippen molar-refractivity contribution in [3.8, 4) is 17.3 Å². The lowest BCUT2D eigenvalue weighted by Gasteiger charge is -2.20. The average molecular weight is 490 g/mol. The number of carbonyl (C=O) groups is 1. The molecule has 0 radical (unpaired) electrons. The number of fused-ring (bicyclic) bond motifs is 2. The van der Waals surface area contributed by atoms with Crippen molar-refractivity contribution in [3.05, 3.63) is 70.1 Å². The number of halogens is 1. The third-order valence-corrected chi connectivity index (χ3v) is 6.58. The van der Waals surface area contributed by atoms with Crippen molar-refractivity contribution in [1.82, 2.24) is 25.1 Å². The summed E-state index contributed by atoms with van der Waals surface area (Å²) in [6, 6.07) is 11.4. The minimum atomic E-state index is -0.147. The fraction of sp³-hybridized carbons (Fsp3) is 0.308. The van der Waals surface area contributed by atoms with E-state index in [1.165, 1.54) is 0 Å². The summed E-state index contributed by atoms with van der Waals surface area (Å²) in [6.45, 7) is 3.33. The Labute approximate surface area is 207 Å². The van der Waals surface area contributed by atoms with Crippen molar-refractivity contribution in [1.29, 1.82) is 0 Å². The van der Waals surface area contributed by atoms with Gasteiger partial charge in [0.15, 0.2) is 23.0 Å². The first kappa shape index (κ1) is 21.9. The molecule has 35 heavy (non-hydrogen) atoms. The summed E-state index contributed by atoms with van der Waals surface area (Å²) in [5, 5.41) is 9.01. The van der Waals surface area contributed by atoms with E-state index in [0.29, 0.717) is 65.6 Å². The Morgan fingerprint density at radius 2 is 2.06 bits per heavy atom. The first-order valence-electron chi connectivity index (χ1n) is 11.8. The van der Waals surface area contributed by atoms with Gasteiger partial charge in [0.1, 0.15) is 13.2 Å². The molecule has 1 aromatic carbocycles. The fourth-order valence-corrected chi connectivity index (χ4v) is 4.73. The Morgan fingerprint density at radius 3 is 2.86 bits per heavy atom. The summed E-state index contributed by atoms with van der Waals surface area (Å²) in [5.41, 5.74) is 3.89. The number of nitrogens with one attached hydrogen (secondary N) is 1. The summed E-state index contributed by atoms with van der Waals surface area (Å²) in [4.78, 5) is 22.7. The molecule has 0 bridgehead atoms. The second kappa shape index (κ2) is 8.85. The van der Waals surface area contributed by atoms with Crippen LogP contribution in [0.15, 0.2) is 42.6 Å². The molecule has 1 saturated carbocycles. The highest BCUT2D eigenvalue weighted by atomic mass is 35.5. The van der Waals surface area contributed by atoms with E-state index in [1.807, 2.05) is 43.3 Å². The van der Waals surface area contributed by atoms with E-state index in [0.717, 1.165) is 35.2 Å². The topological polar surface area (TPSA) is 91.2 Å². The zero-order valence-electron chi connectivity index (χ0n) is 19.3. The molecule has 6 rings (SSSR count). The number of benzene rings is 1. The normalized spacial score (nSPS) is 14.8. The molecule has 0 unspecified atom stereocenters. The number of hydrogen-bond acceptors (Lipinski definition) is 6. The molecular formula is C26H24ClN5O3. The predicted molar refractivity (Wildman–Crippen MR) is 132 cm³/mol. The minimum Gasteiger partial charge on any atom is -0.486 e. The number of pyridine rings is 2. The smallest absolute Gasteiger partial charge is 0.252 e. The van der Waals surface area contributed by atoms with Crippen LogP contribution in [0.3, 0.4) is 0 Å². The summed E-state index contributed by atoms with van der Waals surface area (Å²) < 4.78 is 13.0. The van der Waals surface area contributed by atoms with Gasteiger partial charge in [0.2, 0.25) is 0 Å². The second-order valence-corrected chi connectivity index (χ2v) is 9.27. The van der Waals surface area contributed by atoms with Gasteiger partial charge in [-0.05, 0) is 62.1 Å². The van der Waals surface area contributed by atoms with Gasteiger partial charge < -0.3 is 14.8 Å². The molecule has 0 saturated heterocycles. The average Bonchev–Trinajstić information content (AvgIpc) is 3.67. The molecule has 178 valence electrons. The van der Waals surface area contributed by atoms with Gasteiger partial charge in [-0.3, -0.25) is 4.79 Å². The molecule has 4 aromatic rings. The molecule has 4 heterocycles. The highest BCUT2D eigenvalue weighted by molar-refractivity contribution is 6.32. The first-order chi connectivity index (χ1) is 17.1. The third-order valence-electron chi connectivity index (χ3n) is 6.29. The van der Waals surface area contributed by atoms with Crippen molar-refractivity contribution >= 4 is 28.5 Å². The van der Waals surface area contributed by atoms with E-state index in [1.54, 1.807) is 10.9 Å². The molecule has 2 aliphatic rings. The molecule has 1 N–H and O–H groups in total. The lowest BCUT2D eigenvalue weighted by Crippen LogP contribution is -2.26. The molecule has 1 amide bonds. The number of rotatable bonds is 6. The Hall–Kier alpha value is -3.65. The molecular weight excluding hydrogens is 466 g/mol. The van der Waals surface area contributed by atoms with Gasteiger partial charge in [-0.25, -0.2) is 9.97 Å². The number of amides is 1. The van der Waals surface area contributed by atoms with Crippen molar-refractivity contribution in [2.75, 3.05) is 19.8 Å². The Morgan fingerprint density at radius 1 is 1.20 bits per heavy atom. The number of carbonyl (C=O) groups excluding carboxylic acids is 1. The molecule has 8 nitrogen and oxygen atoms in total. The van der Waals surface area contributed by atoms with Crippen LogP contribution in [0.2, 0.25) is 5.02 Å². The maximum atomic E-state index is 13.4. The SMILES string of the molecule is Cc1nn(-c2ccccn2)c2nc(C3CC3)cc(C(=O)NCCc3cc(Cl)c4c(c3)OCCO4)c12. The highest BCUT2D eigenvalue weighted by Crippen LogP contribution is 2.41. The van der Waals surface area contributed by atoms with Gasteiger partial charge >= 0.3 is 0 Å². The summed E-state index contributed by atoms with van der Waals surface area (Å²) in [7, 11) is 0. The van der Waals surface area contributed by atoms with Crippen molar-refractivity contribution < 1.29 is 14.3 Å². The van der Waals surface area contributed by atoms with E-state index in [-0.39, 0.29) is 5.91 Å². The van der Waals surface area contributed by atoms with Gasteiger partial charge in [0.25, 0.3) is 5.91 Å². The van der Waals surface area contributed by atoms with Crippen LogP contribution in [0.5, 0.6) is 11.5 Å². The molecule has 0 atom stereocenters. The zero-order valence-corrected chi connectivity index (χ0v) is 20.0. The van der Waals surface area contributed by atoms with Crippen LogP contribution in [0.1, 0.15) is 46.1 Å². The molecule has 1 fully saturated rings. The third kappa shape index (κ3) is 4.18. The van der Waals surface area contributed by atoms with Gasteiger partial charge in [-0.1, -0.05) is 17.7 Å². The van der Waals surface area contributed by atoms with Gasteiger partial charge in [0.05, 0.1) is 21.7 Å². The fourth-order valence-electron chi connectivity index (χ4n) is 4.44. The second-order valence-electron chi connectivity index (χ2n) is 8.86. The van der Waals surface area contributed by atoms with E-state index in [9.17, 15) is 4.79 Å².